The van der Waals surface area contributed by atoms with E-state index in [2.05, 4.69) is 25.8 Å². The van der Waals surface area contributed by atoms with Crippen molar-refractivity contribution in [1.82, 2.24) is 9.97 Å². The first-order chi connectivity index (χ1) is 8.16. The maximum atomic E-state index is 5.91. The highest BCUT2D eigenvalue weighted by Crippen LogP contribution is 2.39. The second-order valence-electron chi connectivity index (χ2n) is 5.69. The van der Waals surface area contributed by atoms with Crippen molar-refractivity contribution in [3.05, 3.63) is 17.2 Å². The zero-order valence-electron chi connectivity index (χ0n) is 11.0. The lowest BCUT2D eigenvalue weighted by Gasteiger charge is -2.15. The summed E-state index contributed by atoms with van der Waals surface area (Å²) < 4.78 is 5.91. The van der Waals surface area contributed by atoms with Gasteiger partial charge < -0.3 is 9.72 Å². The van der Waals surface area contributed by atoms with Gasteiger partial charge in [-0.1, -0.05) is 6.92 Å². The Morgan fingerprint density at radius 2 is 1.88 bits per heavy atom. The number of H-pyrrole nitrogens is 1. The highest BCUT2D eigenvalue weighted by atomic mass is 16.5. The molecule has 1 aromatic rings. The number of nitrogens with one attached hydrogen (secondary N) is 1. The Morgan fingerprint density at radius 3 is 2.53 bits per heavy atom. The molecule has 0 aromatic carbocycles. The van der Waals surface area contributed by atoms with Crippen LogP contribution in [0.5, 0.6) is 0 Å². The average Bonchev–Trinajstić information content (AvgIpc) is 2.81. The Balaban J connectivity index is 1.91. The van der Waals surface area contributed by atoms with Crippen LogP contribution < -0.4 is 0 Å². The molecule has 3 heteroatoms. The minimum atomic E-state index is 0.285. The van der Waals surface area contributed by atoms with E-state index >= 15 is 0 Å². The van der Waals surface area contributed by atoms with E-state index in [1.807, 2.05) is 0 Å². The molecule has 0 spiro atoms. The van der Waals surface area contributed by atoms with Gasteiger partial charge in [-0.2, -0.15) is 0 Å². The van der Waals surface area contributed by atoms with Crippen LogP contribution in [0.15, 0.2) is 0 Å². The number of aromatic amines is 1. The summed E-state index contributed by atoms with van der Waals surface area (Å²) in [5.74, 6) is 2.16. The van der Waals surface area contributed by atoms with Crippen LogP contribution in [0.2, 0.25) is 0 Å². The fourth-order valence-corrected chi connectivity index (χ4v) is 3.37. The molecule has 94 valence electrons. The van der Waals surface area contributed by atoms with Gasteiger partial charge in [0.15, 0.2) is 0 Å². The van der Waals surface area contributed by atoms with Gasteiger partial charge >= 0.3 is 0 Å². The van der Waals surface area contributed by atoms with Crippen molar-refractivity contribution < 1.29 is 4.74 Å². The van der Waals surface area contributed by atoms with E-state index in [0.29, 0.717) is 17.9 Å². The quantitative estimate of drug-likeness (QED) is 0.811. The molecule has 1 aliphatic heterocycles. The number of nitrogens with zero attached hydrogens (tertiary/aromatic N) is 1. The van der Waals surface area contributed by atoms with Gasteiger partial charge in [-0.05, 0) is 45.4 Å². The summed E-state index contributed by atoms with van der Waals surface area (Å²) in [7, 11) is 0. The molecule has 3 nitrogen and oxygen atoms in total. The first kappa shape index (κ1) is 11.3. The van der Waals surface area contributed by atoms with Crippen molar-refractivity contribution in [1.29, 1.82) is 0 Å². The molecule has 3 rings (SSSR count). The standard InChI is InChI=1S/C14H22N2O/c1-8-9(2)17-10(3)13(8)14-15-11-6-4-5-7-12(11)16-14/h8-10,13H,4-7H2,1-3H3,(H,15,16). The van der Waals surface area contributed by atoms with E-state index in [1.165, 1.54) is 36.5 Å². The molecular weight excluding hydrogens is 212 g/mol. The first-order valence-electron chi connectivity index (χ1n) is 6.90. The fourth-order valence-electron chi connectivity index (χ4n) is 3.37. The lowest BCUT2D eigenvalue weighted by molar-refractivity contribution is 0.0553. The number of ether oxygens (including phenoxy) is 1. The molecule has 4 unspecified atom stereocenters. The Labute approximate surface area is 103 Å². The predicted molar refractivity (Wildman–Crippen MR) is 67.1 cm³/mol. The lowest BCUT2D eigenvalue weighted by atomic mass is 9.89. The highest BCUT2D eigenvalue weighted by molar-refractivity contribution is 5.21. The average molecular weight is 234 g/mol. The van der Waals surface area contributed by atoms with Crippen molar-refractivity contribution in [3.8, 4) is 0 Å². The summed E-state index contributed by atoms with van der Waals surface area (Å²) in [6.45, 7) is 6.62. The minimum Gasteiger partial charge on any atom is -0.374 e. The van der Waals surface area contributed by atoms with Gasteiger partial charge in [0, 0.05) is 11.6 Å². The molecule has 17 heavy (non-hydrogen) atoms. The van der Waals surface area contributed by atoms with Crippen molar-refractivity contribution in [3.63, 3.8) is 0 Å². The molecule has 1 N–H and O–H groups in total. The molecule has 1 saturated heterocycles. The SMILES string of the molecule is CC1OC(C)C(c2nc3c([nH]2)CCCC3)C1C. The van der Waals surface area contributed by atoms with E-state index in [-0.39, 0.29) is 6.10 Å². The lowest BCUT2D eigenvalue weighted by Crippen LogP contribution is -2.16. The summed E-state index contributed by atoms with van der Waals surface area (Å²) >= 11 is 0. The van der Waals surface area contributed by atoms with Crippen molar-refractivity contribution in [2.75, 3.05) is 0 Å². The van der Waals surface area contributed by atoms with Crippen molar-refractivity contribution >= 4 is 0 Å². The molecule has 0 saturated carbocycles. The van der Waals surface area contributed by atoms with Gasteiger partial charge in [0.25, 0.3) is 0 Å². The van der Waals surface area contributed by atoms with E-state index in [4.69, 9.17) is 9.72 Å². The maximum Gasteiger partial charge on any atom is 0.112 e. The molecule has 2 aliphatic rings. The van der Waals surface area contributed by atoms with Gasteiger partial charge in [-0.15, -0.1) is 0 Å². The molecule has 0 bridgehead atoms. The van der Waals surface area contributed by atoms with Gasteiger partial charge in [0.2, 0.25) is 0 Å². The van der Waals surface area contributed by atoms with Gasteiger partial charge in [0.1, 0.15) is 5.82 Å². The van der Waals surface area contributed by atoms with Crippen LogP contribution in [0, 0.1) is 5.92 Å². The smallest absolute Gasteiger partial charge is 0.112 e. The van der Waals surface area contributed by atoms with Crippen LogP contribution in [0.4, 0.5) is 0 Å². The Morgan fingerprint density at radius 1 is 1.12 bits per heavy atom. The van der Waals surface area contributed by atoms with Gasteiger partial charge in [-0.3, -0.25) is 0 Å². The van der Waals surface area contributed by atoms with E-state index in [9.17, 15) is 0 Å². The number of fused-ring (bicyclic) bond motifs is 1. The second kappa shape index (κ2) is 4.13. The summed E-state index contributed by atoms with van der Waals surface area (Å²) in [4.78, 5) is 8.40. The summed E-state index contributed by atoms with van der Waals surface area (Å²) in [5.41, 5.74) is 2.69. The normalized spacial score (nSPS) is 37.1. The Hall–Kier alpha value is -0.830. The number of rotatable bonds is 1. The molecule has 0 amide bonds. The topological polar surface area (TPSA) is 37.9 Å². The Kier molecular flexibility index (Phi) is 2.74. The minimum absolute atomic E-state index is 0.285. The highest BCUT2D eigenvalue weighted by Gasteiger charge is 2.40. The van der Waals surface area contributed by atoms with Crippen molar-refractivity contribution in [2.45, 2.75) is 64.6 Å². The summed E-state index contributed by atoms with van der Waals surface area (Å²) in [6, 6.07) is 0. The predicted octanol–water partition coefficient (Wildman–Crippen LogP) is 2.82. The summed E-state index contributed by atoms with van der Waals surface area (Å²) in [6.07, 6.45) is 5.55. The number of hydrogen-bond acceptors (Lipinski definition) is 2. The number of aromatic nitrogens is 2. The van der Waals surface area contributed by atoms with Gasteiger partial charge in [0.05, 0.1) is 17.9 Å². The third-order valence-electron chi connectivity index (χ3n) is 4.53. The molecule has 2 heterocycles. The second-order valence-corrected chi connectivity index (χ2v) is 5.69. The maximum absolute atomic E-state index is 5.91. The van der Waals surface area contributed by atoms with Crippen LogP contribution in [0.3, 0.4) is 0 Å². The third-order valence-corrected chi connectivity index (χ3v) is 4.53. The van der Waals surface area contributed by atoms with E-state index in [0.717, 1.165) is 6.42 Å². The van der Waals surface area contributed by atoms with E-state index < -0.39 is 0 Å². The van der Waals surface area contributed by atoms with Crippen LogP contribution >= 0.6 is 0 Å². The Bertz CT molecular complexity index is 389. The fraction of sp³-hybridized carbons (Fsp3) is 0.786. The van der Waals surface area contributed by atoms with Crippen LogP contribution in [0.1, 0.15) is 56.7 Å². The third kappa shape index (κ3) is 1.81. The molecule has 1 aromatic heterocycles. The molecular formula is C14H22N2O. The number of imidazole rings is 1. The number of aryl methyl sites for hydroxylation is 2. The molecule has 4 atom stereocenters. The zero-order chi connectivity index (χ0) is 12.0. The molecule has 0 radical (unpaired) electrons. The zero-order valence-corrected chi connectivity index (χ0v) is 11.0. The van der Waals surface area contributed by atoms with Gasteiger partial charge in [-0.25, -0.2) is 4.98 Å². The van der Waals surface area contributed by atoms with Crippen molar-refractivity contribution in [2.24, 2.45) is 5.92 Å². The van der Waals surface area contributed by atoms with Crippen LogP contribution in [-0.4, -0.2) is 22.2 Å². The summed E-state index contributed by atoms with van der Waals surface area (Å²) in [5, 5.41) is 0. The first-order valence-corrected chi connectivity index (χ1v) is 6.90. The van der Waals surface area contributed by atoms with Crippen LogP contribution in [-0.2, 0) is 17.6 Å². The molecule has 1 aliphatic carbocycles. The van der Waals surface area contributed by atoms with E-state index in [1.54, 1.807) is 0 Å². The monoisotopic (exact) mass is 234 g/mol. The number of hydrogen-bond donors (Lipinski definition) is 1. The largest absolute Gasteiger partial charge is 0.374 e. The van der Waals surface area contributed by atoms with Crippen LogP contribution in [0.25, 0.3) is 0 Å². The molecule has 1 fully saturated rings.